The predicted octanol–water partition coefficient (Wildman–Crippen LogP) is -0.398. The molecule has 4 aromatic rings. The van der Waals surface area contributed by atoms with Gasteiger partial charge in [0.2, 0.25) is 22.4 Å². The summed E-state index contributed by atoms with van der Waals surface area (Å²) in [6.07, 6.45) is 3.09. The minimum atomic E-state index is -1.26. The van der Waals surface area contributed by atoms with Crippen LogP contribution in [0.3, 0.4) is 0 Å². The second kappa shape index (κ2) is 16.6. The Hall–Kier alpha value is -4.08. The summed E-state index contributed by atoms with van der Waals surface area (Å²) >= 11 is 12.8. The molecule has 21 heteroatoms. The molecule has 3 aliphatic rings. The van der Waals surface area contributed by atoms with E-state index in [2.05, 4.69) is 51.2 Å². The first-order chi connectivity index (χ1) is 26.4. The summed E-state index contributed by atoms with van der Waals surface area (Å²) in [6.45, 7) is -1.43. The molecule has 0 aliphatic heterocycles. The molecule has 8 atom stereocenters. The number of hydrogen-bond acceptors (Lipinski definition) is 16. The Labute approximate surface area is 323 Å². The fourth-order valence-corrected chi connectivity index (χ4v) is 8.52. The zero-order chi connectivity index (χ0) is 39.0. The van der Waals surface area contributed by atoms with Crippen molar-refractivity contribution in [3.8, 4) is 0 Å². The van der Waals surface area contributed by atoms with Crippen LogP contribution in [0, 0.1) is 5.92 Å². The molecule has 0 unspecified atom stereocenters. The summed E-state index contributed by atoms with van der Waals surface area (Å²) in [4.78, 5) is 50.2. The Bertz CT molecular complexity index is 2040. The number of aromatic nitrogens is 7. The van der Waals surface area contributed by atoms with Gasteiger partial charge in [-0.15, -0.1) is 0 Å². The molecule has 0 bridgehead atoms. The highest BCUT2D eigenvalue weighted by atomic mass is 35.5. The normalized spacial score (nSPS) is 29.5. The molecule has 19 nitrogen and oxygen atoms in total. The summed E-state index contributed by atoms with van der Waals surface area (Å²) in [5.74, 6) is -0.624. The lowest BCUT2D eigenvalue weighted by Crippen LogP contribution is -2.44. The van der Waals surface area contributed by atoms with Crippen LogP contribution in [0.1, 0.15) is 56.6 Å². The lowest BCUT2D eigenvalue weighted by Gasteiger charge is -2.30. The number of pyridine rings is 1. The molecular formula is C34H43Cl2N11O8. The number of aliphatic hydroxyl groups excluding tert-OH is 6. The third-order valence-corrected chi connectivity index (χ3v) is 11.4. The maximum Gasteiger partial charge on any atom is 0.246 e. The minimum absolute atomic E-state index is 0.0193. The first-order valence-corrected chi connectivity index (χ1v) is 19.0. The first kappa shape index (κ1) is 39.2. The lowest BCUT2D eigenvalue weighted by molar-refractivity contribution is -0.126. The Morgan fingerprint density at radius 2 is 1.31 bits per heavy atom. The van der Waals surface area contributed by atoms with Gasteiger partial charge in [0.25, 0.3) is 0 Å². The highest BCUT2D eigenvalue weighted by molar-refractivity contribution is 6.29. The quantitative estimate of drug-likeness (QED) is 0.0816. The number of aliphatic hydroxyl groups is 6. The highest BCUT2D eigenvalue weighted by Gasteiger charge is 2.44. The van der Waals surface area contributed by atoms with Crippen molar-refractivity contribution in [3.63, 3.8) is 0 Å². The molecule has 10 N–H and O–H groups in total. The van der Waals surface area contributed by atoms with Gasteiger partial charge in [-0.25, -0.2) is 9.97 Å². The summed E-state index contributed by atoms with van der Waals surface area (Å²) < 4.78 is 1.62. The summed E-state index contributed by atoms with van der Waals surface area (Å²) in [5.41, 5.74) is 2.77. The number of rotatable bonds is 12. The molecule has 3 saturated carbocycles. The van der Waals surface area contributed by atoms with Gasteiger partial charge in [-0.1, -0.05) is 0 Å². The maximum absolute atomic E-state index is 11.7. The van der Waals surface area contributed by atoms with Crippen molar-refractivity contribution in [2.75, 3.05) is 23.8 Å². The van der Waals surface area contributed by atoms with Crippen molar-refractivity contribution in [2.45, 2.75) is 106 Å². The molecule has 2 amide bonds. The molecule has 55 heavy (non-hydrogen) atoms. The van der Waals surface area contributed by atoms with Crippen molar-refractivity contribution in [3.05, 3.63) is 34.7 Å². The van der Waals surface area contributed by atoms with Gasteiger partial charge in [0.05, 0.1) is 36.1 Å². The third-order valence-electron chi connectivity index (χ3n) is 11.0. The second-order valence-corrected chi connectivity index (χ2v) is 15.2. The zero-order valence-electron chi connectivity index (χ0n) is 29.5. The van der Waals surface area contributed by atoms with Crippen molar-refractivity contribution < 1.29 is 40.2 Å². The van der Waals surface area contributed by atoms with Gasteiger partial charge in [0, 0.05) is 18.3 Å². The standard InChI is InChI=1S/C34H43Cl2N11O8/c35-33-43-23-14(1-2-15-9-18(27(53)26(15)52)41-21(50)11-48)7-8-37-24(23)30(44-33)39-16-3-5-17(6-4-16)40-31-25-32(46-34(36)45-31)47(13-38-25)20-10-19(28(54)29(20)55)42-22(51)12-49/h7-8,13,15-20,26-29,48-49,52-55H,1-6,9-12H2,(H,41,50)(H,42,51)(H,39,43,44)(H,40,45,46)/t15-,16?,17?,18+,19+,20-,26+,27-,28-,29+/m1/s1. The number of hydrogen-bond donors (Lipinski definition) is 10. The van der Waals surface area contributed by atoms with E-state index in [1.807, 2.05) is 6.07 Å². The maximum atomic E-state index is 11.7. The number of fused-ring (bicyclic) bond motifs is 2. The van der Waals surface area contributed by atoms with Crippen molar-refractivity contribution in [2.24, 2.45) is 5.92 Å². The van der Waals surface area contributed by atoms with Crippen molar-refractivity contribution in [1.29, 1.82) is 0 Å². The number of imidazole rings is 1. The topological polar surface area (TPSA) is 286 Å². The van der Waals surface area contributed by atoms with E-state index in [4.69, 9.17) is 33.4 Å². The molecule has 0 radical (unpaired) electrons. The van der Waals surface area contributed by atoms with Crippen LogP contribution in [0.15, 0.2) is 18.6 Å². The van der Waals surface area contributed by atoms with E-state index in [-0.39, 0.29) is 35.0 Å². The van der Waals surface area contributed by atoms with Crippen LogP contribution in [-0.4, -0.2) is 139 Å². The molecule has 3 aliphatic carbocycles. The first-order valence-electron chi connectivity index (χ1n) is 18.2. The van der Waals surface area contributed by atoms with Gasteiger partial charge in [0.15, 0.2) is 22.8 Å². The van der Waals surface area contributed by atoms with Crippen molar-refractivity contribution >= 4 is 68.8 Å². The number of carbonyl (C=O) groups is 2. The van der Waals surface area contributed by atoms with Gasteiger partial charge < -0.3 is 56.5 Å². The van der Waals surface area contributed by atoms with E-state index in [9.17, 15) is 30.0 Å². The SMILES string of the molecule is O=C(CO)N[C@H]1C[C@@H](n2cnc3c(NC4CCC(Nc5nc(Cl)nc6c(CC[C@@H]7C[C@H](NC(=O)CO)[C@@H](O)[C@H]7O)ccnc56)CC4)nc(Cl)nc32)[C@H](O)[C@@H]1O. The molecular weight excluding hydrogens is 761 g/mol. The largest absolute Gasteiger partial charge is 0.390 e. The number of aryl methyl sites for hydroxylation is 1. The van der Waals surface area contributed by atoms with E-state index >= 15 is 0 Å². The molecule has 0 spiro atoms. The Morgan fingerprint density at radius 1 is 0.727 bits per heavy atom. The number of anilines is 2. The van der Waals surface area contributed by atoms with Crippen LogP contribution in [0.2, 0.25) is 10.6 Å². The minimum Gasteiger partial charge on any atom is -0.390 e. The summed E-state index contributed by atoms with van der Waals surface area (Å²) in [7, 11) is 0. The molecule has 4 heterocycles. The number of amides is 2. The van der Waals surface area contributed by atoms with E-state index < -0.39 is 67.6 Å². The summed E-state index contributed by atoms with van der Waals surface area (Å²) in [5, 5.41) is 72.7. The van der Waals surface area contributed by atoms with Crippen LogP contribution in [-0.2, 0) is 16.0 Å². The summed E-state index contributed by atoms with van der Waals surface area (Å²) in [6, 6.07) is -0.197. The number of nitrogens with zero attached hydrogens (tertiary/aromatic N) is 7. The number of halogens is 2. The van der Waals surface area contributed by atoms with E-state index in [0.29, 0.717) is 53.1 Å². The third kappa shape index (κ3) is 8.24. The van der Waals surface area contributed by atoms with Gasteiger partial charge in [-0.2, -0.15) is 15.0 Å². The Balaban J connectivity index is 0.990. The fourth-order valence-electron chi connectivity index (χ4n) is 8.19. The molecule has 0 saturated heterocycles. The molecule has 3 fully saturated rings. The van der Waals surface area contributed by atoms with Gasteiger partial charge in [0.1, 0.15) is 37.0 Å². The Kier molecular flexibility index (Phi) is 11.8. The average Bonchev–Trinajstić information content (AvgIpc) is 3.80. The van der Waals surface area contributed by atoms with Gasteiger partial charge in [-0.3, -0.25) is 14.6 Å². The molecule has 7 rings (SSSR count). The highest BCUT2D eigenvalue weighted by Crippen LogP contribution is 2.36. The molecule has 296 valence electrons. The lowest BCUT2D eigenvalue weighted by atomic mass is 9.91. The van der Waals surface area contributed by atoms with Crippen molar-refractivity contribution in [1.82, 2.24) is 45.1 Å². The monoisotopic (exact) mass is 803 g/mol. The second-order valence-electron chi connectivity index (χ2n) is 14.5. The molecule has 4 aromatic heterocycles. The Morgan fingerprint density at radius 3 is 1.95 bits per heavy atom. The van der Waals surface area contributed by atoms with Crippen LogP contribution >= 0.6 is 23.2 Å². The van der Waals surface area contributed by atoms with Crippen LogP contribution < -0.4 is 21.3 Å². The van der Waals surface area contributed by atoms with E-state index in [1.165, 1.54) is 6.33 Å². The van der Waals surface area contributed by atoms with Gasteiger partial charge >= 0.3 is 0 Å². The van der Waals surface area contributed by atoms with Crippen LogP contribution in [0.5, 0.6) is 0 Å². The van der Waals surface area contributed by atoms with E-state index in [1.54, 1.807) is 10.8 Å². The zero-order valence-corrected chi connectivity index (χ0v) is 31.0. The van der Waals surface area contributed by atoms with Crippen LogP contribution in [0.4, 0.5) is 11.6 Å². The smallest absolute Gasteiger partial charge is 0.246 e. The molecule has 0 aromatic carbocycles. The number of carbonyl (C=O) groups excluding carboxylic acids is 2. The van der Waals surface area contributed by atoms with Crippen LogP contribution in [0.25, 0.3) is 22.2 Å². The average molecular weight is 805 g/mol. The predicted molar refractivity (Wildman–Crippen MR) is 198 cm³/mol. The van der Waals surface area contributed by atoms with E-state index in [0.717, 1.165) is 31.2 Å². The number of nitrogens with one attached hydrogen (secondary N) is 4. The van der Waals surface area contributed by atoms with Gasteiger partial charge in [-0.05, 0) is 92.1 Å². The fraction of sp³-hybridized carbons (Fsp3) is 0.588.